The molecule has 0 aromatic carbocycles. The molecule has 0 spiro atoms. The summed E-state index contributed by atoms with van der Waals surface area (Å²) in [4.78, 5) is 6.50. The van der Waals surface area contributed by atoms with E-state index >= 15 is 0 Å². The summed E-state index contributed by atoms with van der Waals surface area (Å²) in [6, 6.07) is 6.28. The minimum Gasteiger partial charge on any atom is -0.298 e. The van der Waals surface area contributed by atoms with Crippen molar-refractivity contribution in [3.05, 3.63) is 30.1 Å². The van der Waals surface area contributed by atoms with Gasteiger partial charge in [0.15, 0.2) is 0 Å². The molecule has 19 heavy (non-hydrogen) atoms. The standard InChI is InChI=1S/C15H22BrN3/c1-13(2)15(9-16)12-19(8-4-6-17)11-14-5-3-7-18-10-14/h3,5,7,10,13,15H,4,8-9,11-12H2,1-2H3. The van der Waals surface area contributed by atoms with Crippen LogP contribution in [0, 0.1) is 23.2 Å². The third kappa shape index (κ3) is 6.17. The molecule has 0 N–H and O–H groups in total. The highest BCUT2D eigenvalue weighted by Gasteiger charge is 2.16. The van der Waals surface area contributed by atoms with Gasteiger partial charge in [-0.1, -0.05) is 35.8 Å². The number of nitriles is 1. The van der Waals surface area contributed by atoms with Gasteiger partial charge in [0.05, 0.1) is 6.07 Å². The number of alkyl halides is 1. The van der Waals surface area contributed by atoms with E-state index in [0.29, 0.717) is 18.3 Å². The summed E-state index contributed by atoms with van der Waals surface area (Å²) in [6.45, 7) is 7.20. The number of nitrogens with zero attached hydrogens (tertiary/aromatic N) is 3. The monoisotopic (exact) mass is 323 g/mol. The molecule has 0 saturated carbocycles. The average Bonchev–Trinajstić information content (AvgIpc) is 2.42. The molecule has 0 amide bonds. The number of hydrogen-bond donors (Lipinski definition) is 0. The third-order valence-electron chi connectivity index (χ3n) is 3.30. The zero-order valence-corrected chi connectivity index (χ0v) is 13.3. The third-order valence-corrected chi connectivity index (χ3v) is 4.13. The van der Waals surface area contributed by atoms with Crippen molar-refractivity contribution in [1.29, 1.82) is 5.26 Å². The molecule has 0 bridgehead atoms. The van der Waals surface area contributed by atoms with Gasteiger partial charge in [-0.05, 0) is 23.5 Å². The van der Waals surface area contributed by atoms with Gasteiger partial charge in [-0.15, -0.1) is 0 Å². The zero-order valence-electron chi connectivity index (χ0n) is 11.7. The molecule has 1 atom stereocenters. The molecule has 0 saturated heterocycles. The summed E-state index contributed by atoms with van der Waals surface area (Å²) in [7, 11) is 0. The molecule has 1 unspecified atom stereocenters. The van der Waals surface area contributed by atoms with Crippen LogP contribution in [0.1, 0.15) is 25.8 Å². The number of hydrogen-bond acceptors (Lipinski definition) is 3. The predicted molar refractivity (Wildman–Crippen MR) is 81.9 cm³/mol. The summed E-state index contributed by atoms with van der Waals surface area (Å²) >= 11 is 3.59. The molecule has 3 nitrogen and oxygen atoms in total. The highest BCUT2D eigenvalue weighted by molar-refractivity contribution is 9.09. The van der Waals surface area contributed by atoms with Crippen LogP contribution in [-0.4, -0.2) is 28.3 Å². The molecule has 0 fully saturated rings. The Hall–Kier alpha value is -0.920. The molecule has 4 heteroatoms. The molecule has 1 rings (SSSR count). The zero-order chi connectivity index (χ0) is 14.1. The Morgan fingerprint density at radius 1 is 1.47 bits per heavy atom. The van der Waals surface area contributed by atoms with Gasteiger partial charge in [0.25, 0.3) is 0 Å². The first-order chi connectivity index (χ1) is 9.17. The Labute approximate surface area is 124 Å². The second-order valence-corrected chi connectivity index (χ2v) is 5.81. The normalized spacial score (nSPS) is 12.6. The van der Waals surface area contributed by atoms with E-state index < -0.39 is 0 Å². The van der Waals surface area contributed by atoms with E-state index in [2.05, 4.69) is 51.8 Å². The number of pyridine rings is 1. The molecule has 0 aliphatic heterocycles. The van der Waals surface area contributed by atoms with E-state index in [-0.39, 0.29) is 0 Å². The van der Waals surface area contributed by atoms with Crippen LogP contribution in [0.3, 0.4) is 0 Å². The van der Waals surface area contributed by atoms with E-state index in [4.69, 9.17) is 5.26 Å². The molecule has 0 aliphatic rings. The van der Waals surface area contributed by atoms with Gasteiger partial charge < -0.3 is 0 Å². The lowest BCUT2D eigenvalue weighted by Gasteiger charge is -2.28. The molecule has 0 aliphatic carbocycles. The van der Waals surface area contributed by atoms with Crippen LogP contribution >= 0.6 is 15.9 Å². The van der Waals surface area contributed by atoms with Crippen molar-refractivity contribution < 1.29 is 0 Å². The highest BCUT2D eigenvalue weighted by atomic mass is 79.9. The molecule has 1 aromatic rings. The molecule has 1 heterocycles. The maximum atomic E-state index is 8.78. The maximum absolute atomic E-state index is 8.78. The largest absolute Gasteiger partial charge is 0.298 e. The molecule has 0 radical (unpaired) electrons. The predicted octanol–water partition coefficient (Wildman–Crippen LogP) is 3.46. The second kappa shape index (κ2) is 9.06. The van der Waals surface area contributed by atoms with Crippen LogP contribution in [0.2, 0.25) is 0 Å². The summed E-state index contributed by atoms with van der Waals surface area (Å²) in [5.74, 6) is 1.24. The van der Waals surface area contributed by atoms with Crippen molar-refractivity contribution in [2.24, 2.45) is 11.8 Å². The minimum absolute atomic E-state index is 0.577. The first kappa shape index (κ1) is 16.1. The lowest BCUT2D eigenvalue weighted by molar-refractivity contribution is 0.211. The fourth-order valence-electron chi connectivity index (χ4n) is 1.96. The van der Waals surface area contributed by atoms with Gasteiger partial charge in [0.1, 0.15) is 0 Å². The molecule has 1 aromatic heterocycles. The van der Waals surface area contributed by atoms with E-state index in [0.717, 1.165) is 25.0 Å². The van der Waals surface area contributed by atoms with Crippen molar-refractivity contribution in [2.45, 2.75) is 26.8 Å². The highest BCUT2D eigenvalue weighted by Crippen LogP contribution is 2.17. The fraction of sp³-hybridized carbons (Fsp3) is 0.600. The second-order valence-electron chi connectivity index (χ2n) is 5.16. The smallest absolute Gasteiger partial charge is 0.0635 e. The SMILES string of the molecule is CC(C)C(CBr)CN(CCC#N)Cc1cccnc1. The van der Waals surface area contributed by atoms with Gasteiger partial charge >= 0.3 is 0 Å². The van der Waals surface area contributed by atoms with E-state index in [1.807, 2.05) is 12.3 Å². The Kier molecular flexibility index (Phi) is 7.69. The number of aromatic nitrogens is 1. The maximum Gasteiger partial charge on any atom is 0.0635 e. The van der Waals surface area contributed by atoms with Gasteiger partial charge in [-0.2, -0.15) is 5.26 Å². The molecule has 104 valence electrons. The van der Waals surface area contributed by atoms with Crippen LogP contribution in [0.25, 0.3) is 0 Å². The van der Waals surface area contributed by atoms with Crippen molar-refractivity contribution in [2.75, 3.05) is 18.4 Å². The first-order valence-corrected chi connectivity index (χ1v) is 7.83. The molecular weight excluding hydrogens is 302 g/mol. The van der Waals surface area contributed by atoms with Crippen LogP contribution in [0.4, 0.5) is 0 Å². The van der Waals surface area contributed by atoms with Crippen molar-refractivity contribution in [3.63, 3.8) is 0 Å². The number of rotatable bonds is 8. The van der Waals surface area contributed by atoms with Crippen molar-refractivity contribution in [1.82, 2.24) is 9.88 Å². The van der Waals surface area contributed by atoms with Gasteiger partial charge in [-0.3, -0.25) is 9.88 Å². The lowest BCUT2D eigenvalue weighted by atomic mass is 9.97. The van der Waals surface area contributed by atoms with Crippen LogP contribution in [-0.2, 0) is 6.54 Å². The summed E-state index contributed by atoms with van der Waals surface area (Å²) < 4.78 is 0. The van der Waals surface area contributed by atoms with Gasteiger partial charge in [0, 0.05) is 43.8 Å². The van der Waals surface area contributed by atoms with Gasteiger partial charge in [0.2, 0.25) is 0 Å². The lowest BCUT2D eigenvalue weighted by Crippen LogP contribution is -2.33. The van der Waals surface area contributed by atoms with E-state index in [1.165, 1.54) is 5.56 Å². The Morgan fingerprint density at radius 3 is 2.79 bits per heavy atom. The summed E-state index contributed by atoms with van der Waals surface area (Å²) in [5, 5.41) is 9.78. The topological polar surface area (TPSA) is 39.9 Å². The van der Waals surface area contributed by atoms with E-state index in [9.17, 15) is 0 Å². The minimum atomic E-state index is 0.577. The van der Waals surface area contributed by atoms with Crippen molar-refractivity contribution in [3.8, 4) is 6.07 Å². The summed E-state index contributed by atoms with van der Waals surface area (Å²) in [5.41, 5.74) is 1.21. The fourth-order valence-corrected chi connectivity index (χ4v) is 2.91. The van der Waals surface area contributed by atoms with Crippen LogP contribution in [0.15, 0.2) is 24.5 Å². The Morgan fingerprint density at radius 2 is 2.26 bits per heavy atom. The van der Waals surface area contributed by atoms with Gasteiger partial charge in [-0.25, -0.2) is 0 Å². The summed E-state index contributed by atoms with van der Waals surface area (Å²) in [6.07, 6.45) is 4.27. The van der Waals surface area contributed by atoms with Crippen molar-refractivity contribution >= 4 is 15.9 Å². The average molecular weight is 324 g/mol. The quantitative estimate of drug-likeness (QED) is 0.688. The Bertz CT molecular complexity index is 386. The molecular formula is C15H22BrN3. The van der Waals surface area contributed by atoms with Crippen LogP contribution in [0.5, 0.6) is 0 Å². The first-order valence-electron chi connectivity index (χ1n) is 6.71. The van der Waals surface area contributed by atoms with Crippen LogP contribution < -0.4 is 0 Å². The number of halogens is 1. The Balaban J connectivity index is 2.63. The van der Waals surface area contributed by atoms with E-state index in [1.54, 1.807) is 6.20 Å².